The SMILES string of the molecule is O=[N+]([O-])c1cccc(CSc2nnc(-c3cccc(F)c3)n2-c2ccccc2)c1. The first kappa shape index (κ1) is 18.8. The minimum Gasteiger partial charge on any atom is -0.270 e. The van der Waals surface area contributed by atoms with E-state index in [4.69, 9.17) is 0 Å². The van der Waals surface area contributed by atoms with E-state index in [1.165, 1.54) is 30.0 Å². The molecule has 4 rings (SSSR count). The fourth-order valence-electron chi connectivity index (χ4n) is 2.90. The lowest BCUT2D eigenvalue weighted by atomic mass is 10.2. The zero-order chi connectivity index (χ0) is 20.2. The predicted octanol–water partition coefficient (Wildman–Crippen LogP) is 5.27. The summed E-state index contributed by atoms with van der Waals surface area (Å²) in [5.41, 5.74) is 2.31. The molecule has 0 saturated heterocycles. The number of halogens is 1. The van der Waals surface area contributed by atoms with Crippen molar-refractivity contribution in [2.24, 2.45) is 0 Å². The van der Waals surface area contributed by atoms with Crippen LogP contribution in [-0.2, 0) is 5.75 Å². The molecule has 0 unspecified atom stereocenters. The van der Waals surface area contributed by atoms with Gasteiger partial charge in [-0.15, -0.1) is 10.2 Å². The van der Waals surface area contributed by atoms with Crippen molar-refractivity contribution in [3.05, 3.63) is 100 Å². The van der Waals surface area contributed by atoms with Crippen LogP contribution in [0.3, 0.4) is 0 Å². The second-order valence-corrected chi connectivity index (χ2v) is 7.15. The first-order valence-corrected chi connectivity index (χ1v) is 9.73. The van der Waals surface area contributed by atoms with Gasteiger partial charge in [-0.05, 0) is 29.8 Å². The predicted molar refractivity (Wildman–Crippen MR) is 109 cm³/mol. The minimum absolute atomic E-state index is 0.0491. The fourth-order valence-corrected chi connectivity index (χ4v) is 3.79. The molecule has 4 aromatic rings. The van der Waals surface area contributed by atoms with Crippen LogP contribution in [0.25, 0.3) is 17.1 Å². The summed E-state index contributed by atoms with van der Waals surface area (Å²) < 4.78 is 15.6. The highest BCUT2D eigenvalue weighted by atomic mass is 32.2. The van der Waals surface area contributed by atoms with Crippen LogP contribution < -0.4 is 0 Å². The number of non-ortho nitro benzene ring substituents is 1. The van der Waals surface area contributed by atoms with E-state index in [1.807, 2.05) is 41.0 Å². The first-order valence-electron chi connectivity index (χ1n) is 8.75. The van der Waals surface area contributed by atoms with Gasteiger partial charge in [0, 0.05) is 29.1 Å². The van der Waals surface area contributed by atoms with Crippen molar-refractivity contribution in [3.8, 4) is 17.1 Å². The van der Waals surface area contributed by atoms with E-state index in [-0.39, 0.29) is 11.5 Å². The Hall–Kier alpha value is -3.52. The van der Waals surface area contributed by atoms with Gasteiger partial charge in [-0.25, -0.2) is 4.39 Å². The molecular formula is C21H15FN4O2S. The molecule has 8 heteroatoms. The van der Waals surface area contributed by atoms with Gasteiger partial charge in [-0.1, -0.05) is 54.2 Å². The molecule has 0 fully saturated rings. The van der Waals surface area contributed by atoms with Crippen LogP contribution in [0.1, 0.15) is 5.56 Å². The van der Waals surface area contributed by atoms with Crippen molar-refractivity contribution in [3.63, 3.8) is 0 Å². The molecular weight excluding hydrogens is 391 g/mol. The number of thioether (sulfide) groups is 1. The number of nitrogens with zero attached hydrogens (tertiary/aromatic N) is 4. The summed E-state index contributed by atoms with van der Waals surface area (Å²) in [5, 5.41) is 20.2. The maximum absolute atomic E-state index is 13.7. The maximum Gasteiger partial charge on any atom is 0.269 e. The normalized spacial score (nSPS) is 10.8. The fraction of sp³-hybridized carbons (Fsp3) is 0.0476. The number of rotatable bonds is 6. The lowest BCUT2D eigenvalue weighted by molar-refractivity contribution is -0.384. The van der Waals surface area contributed by atoms with E-state index >= 15 is 0 Å². The summed E-state index contributed by atoms with van der Waals surface area (Å²) in [6, 6.07) is 22.3. The van der Waals surface area contributed by atoms with Gasteiger partial charge in [-0.2, -0.15) is 0 Å². The second kappa shape index (κ2) is 8.24. The Labute approximate surface area is 170 Å². The summed E-state index contributed by atoms with van der Waals surface area (Å²) in [7, 11) is 0. The van der Waals surface area contributed by atoms with E-state index in [1.54, 1.807) is 24.3 Å². The molecule has 0 amide bonds. The topological polar surface area (TPSA) is 73.8 Å². The summed E-state index contributed by atoms with van der Waals surface area (Å²) in [6.07, 6.45) is 0. The first-order chi connectivity index (χ1) is 14.1. The molecule has 0 atom stereocenters. The largest absolute Gasteiger partial charge is 0.270 e. The average molecular weight is 406 g/mol. The Kier molecular flexibility index (Phi) is 5.35. The standard InChI is InChI=1S/C21H15FN4O2S/c22-17-8-5-7-16(13-17)20-23-24-21(25(20)18-9-2-1-3-10-18)29-14-15-6-4-11-19(12-15)26(27)28/h1-13H,14H2. The number of nitro groups is 1. The van der Waals surface area contributed by atoms with E-state index < -0.39 is 4.92 Å². The van der Waals surface area contributed by atoms with Crippen LogP contribution in [-0.4, -0.2) is 19.7 Å². The van der Waals surface area contributed by atoms with Gasteiger partial charge >= 0.3 is 0 Å². The smallest absolute Gasteiger partial charge is 0.269 e. The van der Waals surface area contributed by atoms with E-state index in [0.29, 0.717) is 22.3 Å². The van der Waals surface area contributed by atoms with Gasteiger partial charge in [-0.3, -0.25) is 14.7 Å². The van der Waals surface area contributed by atoms with Crippen molar-refractivity contribution in [1.82, 2.24) is 14.8 Å². The molecule has 0 N–H and O–H groups in total. The molecule has 0 bridgehead atoms. The van der Waals surface area contributed by atoms with Gasteiger partial charge < -0.3 is 0 Å². The van der Waals surface area contributed by atoms with Gasteiger partial charge in [0.2, 0.25) is 0 Å². The number of hydrogen-bond donors (Lipinski definition) is 0. The zero-order valence-corrected chi connectivity index (χ0v) is 15.9. The molecule has 0 radical (unpaired) electrons. The molecule has 144 valence electrons. The molecule has 0 aliphatic heterocycles. The van der Waals surface area contributed by atoms with E-state index in [9.17, 15) is 14.5 Å². The molecule has 0 aliphatic carbocycles. The van der Waals surface area contributed by atoms with E-state index in [0.717, 1.165) is 11.3 Å². The van der Waals surface area contributed by atoms with Gasteiger partial charge in [0.05, 0.1) is 4.92 Å². The van der Waals surface area contributed by atoms with Crippen molar-refractivity contribution in [2.75, 3.05) is 0 Å². The summed E-state index contributed by atoms with van der Waals surface area (Å²) >= 11 is 1.41. The number of para-hydroxylation sites is 1. The van der Waals surface area contributed by atoms with Crippen LogP contribution in [0.2, 0.25) is 0 Å². The third kappa shape index (κ3) is 4.17. The highest BCUT2D eigenvalue weighted by Gasteiger charge is 2.17. The number of benzene rings is 3. The van der Waals surface area contributed by atoms with Crippen molar-refractivity contribution >= 4 is 17.4 Å². The lowest BCUT2D eigenvalue weighted by Gasteiger charge is -2.10. The van der Waals surface area contributed by atoms with Crippen LogP contribution in [0.4, 0.5) is 10.1 Å². The number of hydrogen-bond acceptors (Lipinski definition) is 5. The Bertz CT molecular complexity index is 1160. The Balaban J connectivity index is 1.70. The van der Waals surface area contributed by atoms with Crippen molar-refractivity contribution in [2.45, 2.75) is 10.9 Å². The molecule has 0 spiro atoms. The Morgan fingerprint density at radius 2 is 1.76 bits per heavy atom. The number of aromatic nitrogens is 3. The maximum atomic E-state index is 13.7. The van der Waals surface area contributed by atoms with Crippen LogP contribution in [0, 0.1) is 15.9 Å². The minimum atomic E-state index is -0.414. The lowest BCUT2D eigenvalue weighted by Crippen LogP contribution is -2.00. The third-order valence-corrected chi connectivity index (χ3v) is 5.22. The second-order valence-electron chi connectivity index (χ2n) is 6.20. The molecule has 29 heavy (non-hydrogen) atoms. The van der Waals surface area contributed by atoms with Crippen LogP contribution in [0.5, 0.6) is 0 Å². The van der Waals surface area contributed by atoms with Crippen molar-refractivity contribution < 1.29 is 9.31 Å². The Morgan fingerprint density at radius 1 is 0.966 bits per heavy atom. The summed E-state index contributed by atoms with van der Waals surface area (Å²) in [4.78, 5) is 10.6. The highest BCUT2D eigenvalue weighted by Crippen LogP contribution is 2.30. The molecule has 3 aromatic carbocycles. The third-order valence-electron chi connectivity index (χ3n) is 4.22. The van der Waals surface area contributed by atoms with Gasteiger partial charge in [0.1, 0.15) is 5.82 Å². The molecule has 1 heterocycles. The van der Waals surface area contributed by atoms with Gasteiger partial charge in [0.15, 0.2) is 11.0 Å². The van der Waals surface area contributed by atoms with Gasteiger partial charge in [0.25, 0.3) is 5.69 Å². The zero-order valence-electron chi connectivity index (χ0n) is 15.1. The van der Waals surface area contributed by atoms with Crippen LogP contribution >= 0.6 is 11.8 Å². The highest BCUT2D eigenvalue weighted by molar-refractivity contribution is 7.98. The Morgan fingerprint density at radius 3 is 2.52 bits per heavy atom. The van der Waals surface area contributed by atoms with Crippen LogP contribution in [0.15, 0.2) is 84.0 Å². The summed E-state index contributed by atoms with van der Waals surface area (Å²) in [6.45, 7) is 0. The molecule has 0 aliphatic rings. The quantitative estimate of drug-likeness (QED) is 0.248. The number of nitro benzene ring substituents is 1. The van der Waals surface area contributed by atoms with E-state index in [2.05, 4.69) is 10.2 Å². The average Bonchev–Trinajstić information content (AvgIpc) is 3.17. The van der Waals surface area contributed by atoms with Crippen molar-refractivity contribution in [1.29, 1.82) is 0 Å². The molecule has 0 saturated carbocycles. The molecule has 1 aromatic heterocycles. The summed E-state index contributed by atoms with van der Waals surface area (Å²) in [5.74, 6) is 0.656. The molecule has 6 nitrogen and oxygen atoms in total. The monoisotopic (exact) mass is 406 g/mol.